The molecule has 6 heteroatoms. The number of carboxylic acid groups (broad SMARTS) is 2. The van der Waals surface area contributed by atoms with Crippen LogP contribution in [0.2, 0.25) is 0 Å². The van der Waals surface area contributed by atoms with Gasteiger partial charge in [-0.1, -0.05) is 51.2 Å². The summed E-state index contributed by atoms with van der Waals surface area (Å²) in [7, 11) is 0. The third-order valence-corrected chi connectivity index (χ3v) is 5.54. The third-order valence-electron chi connectivity index (χ3n) is 2.31. The van der Waals surface area contributed by atoms with Crippen LogP contribution in [0.4, 0.5) is 0 Å². The van der Waals surface area contributed by atoms with Gasteiger partial charge in [0.1, 0.15) is 0 Å². The molecule has 0 saturated heterocycles. The molecule has 0 aromatic heterocycles. The summed E-state index contributed by atoms with van der Waals surface area (Å²) in [5.41, 5.74) is -0.751. The first-order chi connectivity index (χ1) is 8.25. The van der Waals surface area contributed by atoms with Crippen molar-refractivity contribution in [2.45, 2.75) is 27.7 Å². The fourth-order valence-corrected chi connectivity index (χ4v) is 4.51. The number of hydrogen-bond acceptors (Lipinski definition) is 6. The van der Waals surface area contributed by atoms with Crippen molar-refractivity contribution in [3.63, 3.8) is 0 Å². The molecule has 0 saturated carbocycles. The average Bonchev–Trinajstić information content (AvgIpc) is 2.61. The van der Waals surface area contributed by atoms with E-state index in [0.717, 1.165) is 9.81 Å². The van der Waals surface area contributed by atoms with Crippen LogP contribution in [0.1, 0.15) is 27.7 Å². The molecule has 1 aliphatic rings. The van der Waals surface area contributed by atoms with Crippen molar-refractivity contribution in [3.05, 3.63) is 19.6 Å². The van der Waals surface area contributed by atoms with Crippen LogP contribution >= 0.6 is 23.5 Å². The van der Waals surface area contributed by atoms with E-state index in [-0.39, 0.29) is 16.1 Å². The molecule has 1 rings (SSSR count). The average molecular weight is 286 g/mol. The van der Waals surface area contributed by atoms with E-state index in [2.05, 4.69) is 0 Å². The molecule has 100 valence electrons. The van der Waals surface area contributed by atoms with Gasteiger partial charge in [-0.3, -0.25) is 0 Å². The lowest BCUT2D eigenvalue weighted by atomic mass is 10.1. The van der Waals surface area contributed by atoms with Crippen molar-refractivity contribution in [3.8, 4) is 0 Å². The summed E-state index contributed by atoms with van der Waals surface area (Å²) in [4.78, 5) is 23.7. The number of aliphatic carboxylic acids is 2. The molecule has 1 heterocycles. The number of carbonyl (C=O) groups is 2. The molecule has 0 atom stereocenters. The van der Waals surface area contributed by atoms with Crippen molar-refractivity contribution in [2.75, 3.05) is 0 Å². The number of carbonyl (C=O) groups excluding carboxylic acids is 2. The van der Waals surface area contributed by atoms with Crippen molar-refractivity contribution < 1.29 is 19.8 Å². The molecule has 1 aliphatic heterocycles. The Kier molecular flexibility index (Phi) is 4.92. The highest BCUT2D eigenvalue weighted by Gasteiger charge is 2.27. The van der Waals surface area contributed by atoms with Gasteiger partial charge in [0.25, 0.3) is 0 Å². The summed E-state index contributed by atoms with van der Waals surface area (Å²) in [5, 5.41) is 21.7. The molecule has 0 aliphatic carbocycles. The summed E-state index contributed by atoms with van der Waals surface area (Å²) in [6.45, 7) is 7.97. The minimum Gasteiger partial charge on any atom is -0.545 e. The molecule has 18 heavy (non-hydrogen) atoms. The highest BCUT2D eigenvalue weighted by molar-refractivity contribution is 8.28. The van der Waals surface area contributed by atoms with Gasteiger partial charge in [0.15, 0.2) is 0 Å². The molecule has 0 amide bonds. The van der Waals surface area contributed by atoms with Crippen LogP contribution in [-0.2, 0) is 9.59 Å². The van der Waals surface area contributed by atoms with Gasteiger partial charge in [-0.05, 0) is 11.8 Å². The lowest BCUT2D eigenvalue weighted by Crippen LogP contribution is -2.36. The maximum Gasteiger partial charge on any atom is 0.0750 e. The Morgan fingerprint density at radius 3 is 1.44 bits per heavy atom. The van der Waals surface area contributed by atoms with Crippen molar-refractivity contribution in [1.29, 1.82) is 0 Å². The molecular formula is C12H14O4S2-2. The summed E-state index contributed by atoms with van der Waals surface area (Å²) in [5.74, 6) is -2.94. The zero-order chi connectivity index (χ0) is 14.0. The maximum atomic E-state index is 10.8. The molecule has 0 N–H and O–H groups in total. The van der Waals surface area contributed by atoms with E-state index in [1.807, 2.05) is 27.7 Å². The molecule has 0 radical (unpaired) electrons. The normalized spacial score (nSPS) is 15.8. The quantitative estimate of drug-likeness (QED) is 0.430. The van der Waals surface area contributed by atoms with Gasteiger partial charge in [0.2, 0.25) is 0 Å². The number of rotatable bonds is 4. The van der Waals surface area contributed by atoms with Gasteiger partial charge in [-0.15, -0.1) is 0 Å². The van der Waals surface area contributed by atoms with Crippen LogP contribution in [-0.4, -0.2) is 11.9 Å². The van der Waals surface area contributed by atoms with Gasteiger partial charge in [-0.25, -0.2) is 0 Å². The van der Waals surface area contributed by atoms with Gasteiger partial charge in [0.05, 0.1) is 16.2 Å². The van der Waals surface area contributed by atoms with Crippen LogP contribution in [0.15, 0.2) is 19.6 Å². The smallest absolute Gasteiger partial charge is 0.0750 e. The van der Waals surface area contributed by atoms with E-state index >= 15 is 0 Å². The zero-order valence-electron chi connectivity index (χ0n) is 10.6. The van der Waals surface area contributed by atoms with E-state index in [0.29, 0.717) is 0 Å². The molecule has 0 bridgehead atoms. The fraction of sp³-hybridized carbons (Fsp3) is 0.500. The first-order valence-electron chi connectivity index (χ1n) is 5.52. The van der Waals surface area contributed by atoms with E-state index < -0.39 is 17.5 Å². The van der Waals surface area contributed by atoms with E-state index in [1.165, 1.54) is 23.5 Å². The first-order valence-corrected chi connectivity index (χ1v) is 7.15. The van der Waals surface area contributed by atoms with Crippen molar-refractivity contribution in [1.82, 2.24) is 0 Å². The number of hydrogen-bond donors (Lipinski definition) is 0. The molecule has 0 spiro atoms. The summed E-state index contributed by atoms with van der Waals surface area (Å²) >= 11 is 2.40. The maximum absolute atomic E-state index is 10.8. The van der Waals surface area contributed by atoms with Crippen LogP contribution in [0.5, 0.6) is 0 Å². The summed E-state index contributed by atoms with van der Waals surface area (Å²) < 4.78 is 0.238. The molecule has 0 fully saturated rings. The molecule has 4 nitrogen and oxygen atoms in total. The minimum absolute atomic E-state index is 0.224. The second kappa shape index (κ2) is 5.84. The zero-order valence-corrected chi connectivity index (χ0v) is 12.2. The third kappa shape index (κ3) is 3.11. The van der Waals surface area contributed by atoms with E-state index in [4.69, 9.17) is 0 Å². The Balaban J connectivity index is 3.20. The van der Waals surface area contributed by atoms with Crippen LogP contribution in [0, 0.1) is 11.8 Å². The molecule has 0 aromatic carbocycles. The van der Waals surface area contributed by atoms with Gasteiger partial charge >= 0.3 is 0 Å². The predicted octanol–water partition coefficient (Wildman–Crippen LogP) is 0.701. The number of thioether (sulfide) groups is 2. The standard InChI is InChI=1S/C12H16O4S2/c1-5(2)8-9(6(3)4)18-12(17-8)7(10(13)14)11(15)16/h5-6H,1-4H3,(H,13,14)(H,15,16)/p-2. The Morgan fingerprint density at radius 2 is 1.22 bits per heavy atom. The monoisotopic (exact) mass is 286 g/mol. The van der Waals surface area contributed by atoms with Crippen molar-refractivity contribution in [2.24, 2.45) is 11.8 Å². The van der Waals surface area contributed by atoms with Gasteiger partial charge in [-0.2, -0.15) is 0 Å². The molecular weight excluding hydrogens is 272 g/mol. The van der Waals surface area contributed by atoms with Crippen LogP contribution in [0.3, 0.4) is 0 Å². The van der Waals surface area contributed by atoms with Gasteiger partial charge in [0, 0.05) is 15.4 Å². The Hall–Kier alpha value is -0.880. The molecule has 0 unspecified atom stereocenters. The van der Waals surface area contributed by atoms with Crippen molar-refractivity contribution >= 4 is 35.5 Å². The number of carboxylic acids is 2. The Morgan fingerprint density at radius 1 is 0.889 bits per heavy atom. The van der Waals surface area contributed by atoms with Gasteiger partial charge < -0.3 is 19.8 Å². The largest absolute Gasteiger partial charge is 0.545 e. The van der Waals surface area contributed by atoms with Crippen LogP contribution in [0.25, 0.3) is 0 Å². The lowest BCUT2D eigenvalue weighted by molar-refractivity contribution is -0.312. The minimum atomic E-state index is -1.70. The fourth-order valence-electron chi connectivity index (χ4n) is 1.48. The number of allylic oxidation sites excluding steroid dienone is 2. The Labute approximate surface area is 115 Å². The second-order valence-electron chi connectivity index (χ2n) is 4.48. The second-order valence-corrected chi connectivity index (χ2v) is 6.84. The summed E-state index contributed by atoms with van der Waals surface area (Å²) in [6, 6.07) is 0. The Bertz CT molecular complexity index is 409. The van der Waals surface area contributed by atoms with Crippen LogP contribution < -0.4 is 10.2 Å². The van der Waals surface area contributed by atoms with E-state index in [1.54, 1.807) is 0 Å². The van der Waals surface area contributed by atoms with E-state index in [9.17, 15) is 19.8 Å². The topological polar surface area (TPSA) is 80.3 Å². The highest BCUT2D eigenvalue weighted by atomic mass is 32.2. The predicted molar refractivity (Wildman–Crippen MR) is 68.9 cm³/mol. The first kappa shape index (κ1) is 15.2. The highest BCUT2D eigenvalue weighted by Crippen LogP contribution is 2.55. The SMILES string of the molecule is CC(C)C1=C(C(C)C)SC(=C(C(=O)[O-])C(=O)[O-])S1. The molecule has 0 aromatic rings. The lowest BCUT2D eigenvalue weighted by Gasteiger charge is -2.12. The summed E-state index contributed by atoms with van der Waals surface area (Å²) in [6.07, 6.45) is 0.